The van der Waals surface area contributed by atoms with Crippen LogP contribution in [0.3, 0.4) is 0 Å². The Morgan fingerprint density at radius 3 is 2.29 bits per heavy atom. The highest BCUT2D eigenvalue weighted by Gasteiger charge is 2.30. The third kappa shape index (κ3) is 6.11. The van der Waals surface area contributed by atoms with Crippen LogP contribution in [0.1, 0.15) is 27.9 Å². The fourth-order valence-electron chi connectivity index (χ4n) is 3.87. The molecule has 1 aliphatic heterocycles. The standard InChI is InChI=1S/C25H24F4N4O/c26-21-8-2-18(3-9-21)17-32-12-1-13-33(15-14-32)23-11-10-22(16-30-23)31-24(34)19-4-6-20(7-5-19)25(27,28)29/h2-11,16H,1,12-15,17H2,(H,31,34). The minimum Gasteiger partial charge on any atom is -0.355 e. The van der Waals surface area contributed by atoms with Crippen molar-refractivity contribution in [2.45, 2.75) is 19.1 Å². The number of amides is 1. The summed E-state index contributed by atoms with van der Waals surface area (Å²) in [4.78, 5) is 21.3. The Bertz CT molecular complexity index is 1100. The van der Waals surface area contributed by atoms with E-state index in [9.17, 15) is 22.4 Å². The molecule has 1 saturated heterocycles. The first-order valence-corrected chi connectivity index (χ1v) is 10.9. The number of aromatic nitrogens is 1. The molecule has 1 aromatic heterocycles. The van der Waals surface area contributed by atoms with Crippen molar-refractivity contribution < 1.29 is 22.4 Å². The molecule has 1 amide bonds. The number of benzene rings is 2. The molecule has 1 aliphatic rings. The number of halogens is 4. The van der Waals surface area contributed by atoms with Crippen molar-refractivity contribution in [2.75, 3.05) is 36.4 Å². The Balaban J connectivity index is 1.32. The second kappa shape index (κ2) is 10.2. The van der Waals surface area contributed by atoms with E-state index in [4.69, 9.17) is 0 Å². The molecule has 0 atom stereocenters. The second-order valence-corrected chi connectivity index (χ2v) is 8.18. The molecule has 0 saturated carbocycles. The van der Waals surface area contributed by atoms with E-state index in [2.05, 4.69) is 20.1 Å². The molecule has 2 aromatic carbocycles. The number of pyridine rings is 1. The Labute approximate surface area is 195 Å². The van der Waals surface area contributed by atoms with Gasteiger partial charge in [-0.2, -0.15) is 13.2 Å². The van der Waals surface area contributed by atoms with Crippen molar-refractivity contribution in [1.82, 2.24) is 9.88 Å². The first kappa shape index (κ1) is 23.7. The molecule has 9 heteroatoms. The molecule has 0 unspecified atom stereocenters. The number of hydrogen-bond donors (Lipinski definition) is 1. The van der Waals surface area contributed by atoms with Gasteiger partial charge in [0.15, 0.2) is 0 Å². The number of alkyl halides is 3. The highest BCUT2D eigenvalue weighted by atomic mass is 19.4. The summed E-state index contributed by atoms with van der Waals surface area (Å²) in [7, 11) is 0. The molecular weight excluding hydrogens is 448 g/mol. The number of rotatable bonds is 5. The molecule has 1 fully saturated rings. The first-order chi connectivity index (χ1) is 16.3. The second-order valence-electron chi connectivity index (χ2n) is 8.18. The zero-order chi connectivity index (χ0) is 24.1. The zero-order valence-electron chi connectivity index (χ0n) is 18.4. The van der Waals surface area contributed by atoms with Crippen LogP contribution >= 0.6 is 0 Å². The lowest BCUT2D eigenvalue weighted by Gasteiger charge is -2.23. The summed E-state index contributed by atoms with van der Waals surface area (Å²) in [6.45, 7) is 4.15. The summed E-state index contributed by atoms with van der Waals surface area (Å²) in [5.74, 6) is 0.0431. The molecule has 34 heavy (non-hydrogen) atoms. The number of nitrogens with zero attached hydrogens (tertiary/aromatic N) is 3. The van der Waals surface area contributed by atoms with Crippen molar-refractivity contribution >= 4 is 17.4 Å². The summed E-state index contributed by atoms with van der Waals surface area (Å²) in [6.07, 6.45) is -1.95. The van der Waals surface area contributed by atoms with Gasteiger partial charge in [0, 0.05) is 38.3 Å². The fraction of sp³-hybridized carbons (Fsp3) is 0.280. The van der Waals surface area contributed by atoms with Gasteiger partial charge in [-0.3, -0.25) is 9.69 Å². The Morgan fingerprint density at radius 2 is 1.65 bits per heavy atom. The van der Waals surface area contributed by atoms with Gasteiger partial charge in [0.2, 0.25) is 0 Å². The quantitative estimate of drug-likeness (QED) is 0.519. The maximum atomic E-state index is 13.1. The number of anilines is 2. The van der Waals surface area contributed by atoms with Gasteiger partial charge in [-0.1, -0.05) is 12.1 Å². The summed E-state index contributed by atoms with van der Waals surface area (Å²) in [5.41, 5.74) is 0.858. The SMILES string of the molecule is O=C(Nc1ccc(N2CCCN(Cc3ccc(F)cc3)CC2)nc1)c1ccc(C(F)(F)F)cc1. The monoisotopic (exact) mass is 472 g/mol. The van der Waals surface area contributed by atoms with E-state index in [1.807, 2.05) is 6.07 Å². The van der Waals surface area contributed by atoms with Crippen LogP contribution in [-0.4, -0.2) is 42.0 Å². The van der Waals surface area contributed by atoms with Crippen LogP contribution in [0.2, 0.25) is 0 Å². The van der Waals surface area contributed by atoms with E-state index in [0.717, 1.165) is 74.8 Å². The van der Waals surface area contributed by atoms with Gasteiger partial charge in [0.25, 0.3) is 5.91 Å². The van der Waals surface area contributed by atoms with Crippen LogP contribution in [0.4, 0.5) is 29.1 Å². The molecule has 5 nitrogen and oxygen atoms in total. The largest absolute Gasteiger partial charge is 0.416 e. The molecule has 3 aromatic rings. The molecule has 0 aliphatic carbocycles. The highest BCUT2D eigenvalue weighted by molar-refractivity contribution is 6.04. The Morgan fingerprint density at radius 1 is 0.912 bits per heavy atom. The minimum absolute atomic E-state index is 0.130. The van der Waals surface area contributed by atoms with Crippen LogP contribution in [0.25, 0.3) is 0 Å². The van der Waals surface area contributed by atoms with Crippen LogP contribution < -0.4 is 10.2 Å². The van der Waals surface area contributed by atoms with Crippen LogP contribution in [0, 0.1) is 5.82 Å². The number of nitrogens with one attached hydrogen (secondary N) is 1. The smallest absolute Gasteiger partial charge is 0.355 e. The minimum atomic E-state index is -4.44. The van der Waals surface area contributed by atoms with Gasteiger partial charge in [0.1, 0.15) is 11.6 Å². The molecular formula is C25H24F4N4O. The number of hydrogen-bond acceptors (Lipinski definition) is 4. The summed E-state index contributed by atoms with van der Waals surface area (Å²) in [5, 5.41) is 2.66. The van der Waals surface area contributed by atoms with Crippen molar-refractivity contribution in [2.24, 2.45) is 0 Å². The molecule has 0 radical (unpaired) electrons. The summed E-state index contributed by atoms with van der Waals surface area (Å²) >= 11 is 0. The van der Waals surface area contributed by atoms with Gasteiger partial charge in [-0.05, 0) is 60.5 Å². The Kier molecular flexibility index (Phi) is 7.12. The average Bonchev–Trinajstić information content (AvgIpc) is 3.06. The lowest BCUT2D eigenvalue weighted by atomic mass is 10.1. The van der Waals surface area contributed by atoms with E-state index in [0.29, 0.717) is 5.69 Å². The normalized spacial score (nSPS) is 15.1. The zero-order valence-corrected chi connectivity index (χ0v) is 18.4. The Hall–Kier alpha value is -3.46. The van der Waals surface area contributed by atoms with Crippen molar-refractivity contribution in [3.05, 3.63) is 89.4 Å². The first-order valence-electron chi connectivity index (χ1n) is 10.9. The van der Waals surface area contributed by atoms with Crippen LogP contribution in [0.15, 0.2) is 66.9 Å². The predicted molar refractivity (Wildman–Crippen MR) is 122 cm³/mol. The van der Waals surface area contributed by atoms with Crippen LogP contribution in [-0.2, 0) is 12.7 Å². The van der Waals surface area contributed by atoms with E-state index < -0.39 is 17.6 Å². The predicted octanol–water partition coefficient (Wildman–Crippen LogP) is 5.20. The van der Waals surface area contributed by atoms with Gasteiger partial charge in [0.05, 0.1) is 17.4 Å². The van der Waals surface area contributed by atoms with E-state index >= 15 is 0 Å². The maximum absolute atomic E-state index is 13.1. The third-order valence-electron chi connectivity index (χ3n) is 5.71. The van der Waals surface area contributed by atoms with E-state index in [1.165, 1.54) is 12.1 Å². The van der Waals surface area contributed by atoms with E-state index in [-0.39, 0.29) is 11.4 Å². The third-order valence-corrected chi connectivity index (χ3v) is 5.71. The van der Waals surface area contributed by atoms with Gasteiger partial charge in [-0.25, -0.2) is 9.37 Å². The number of carbonyl (C=O) groups is 1. The topological polar surface area (TPSA) is 48.5 Å². The summed E-state index contributed by atoms with van der Waals surface area (Å²) in [6, 6.07) is 14.2. The lowest BCUT2D eigenvalue weighted by molar-refractivity contribution is -0.137. The average molecular weight is 472 g/mol. The van der Waals surface area contributed by atoms with E-state index in [1.54, 1.807) is 24.4 Å². The number of carbonyl (C=O) groups excluding carboxylic acids is 1. The molecule has 1 N–H and O–H groups in total. The fourth-order valence-corrected chi connectivity index (χ4v) is 3.87. The maximum Gasteiger partial charge on any atom is 0.416 e. The van der Waals surface area contributed by atoms with Crippen LogP contribution in [0.5, 0.6) is 0 Å². The van der Waals surface area contributed by atoms with Crippen molar-refractivity contribution in [3.63, 3.8) is 0 Å². The molecule has 0 bridgehead atoms. The van der Waals surface area contributed by atoms with Crippen molar-refractivity contribution in [1.29, 1.82) is 0 Å². The van der Waals surface area contributed by atoms with Gasteiger partial charge >= 0.3 is 6.18 Å². The molecule has 4 rings (SSSR count). The molecule has 2 heterocycles. The van der Waals surface area contributed by atoms with Gasteiger partial charge < -0.3 is 10.2 Å². The van der Waals surface area contributed by atoms with Gasteiger partial charge in [-0.15, -0.1) is 0 Å². The molecule has 178 valence electrons. The van der Waals surface area contributed by atoms with Crippen molar-refractivity contribution in [3.8, 4) is 0 Å². The summed E-state index contributed by atoms with van der Waals surface area (Å²) < 4.78 is 51.2. The highest BCUT2D eigenvalue weighted by Crippen LogP contribution is 2.29. The lowest BCUT2D eigenvalue weighted by Crippen LogP contribution is -2.31. The molecule has 0 spiro atoms.